The Bertz CT molecular complexity index is 1920. The maximum Gasteiger partial charge on any atom is 0.270 e. The third-order valence-electron chi connectivity index (χ3n) is 7.81. The molecule has 3 atom stereocenters. The van der Waals surface area contributed by atoms with Crippen molar-refractivity contribution in [3.8, 4) is 0 Å². The van der Waals surface area contributed by atoms with Crippen molar-refractivity contribution in [3.05, 3.63) is 102 Å². The number of aromatic nitrogens is 1. The summed E-state index contributed by atoms with van der Waals surface area (Å²) in [6.45, 7) is 6.04. The smallest absolute Gasteiger partial charge is 0.270 e. The average molecular weight is 702 g/mol. The molecule has 4 rings (SSSR count). The number of hydrogen-bond donors (Lipinski definition) is 4. The fourth-order valence-corrected chi connectivity index (χ4v) is 7.05. The minimum absolute atomic E-state index is 0.0327. The summed E-state index contributed by atoms with van der Waals surface area (Å²) in [5.74, 6) is -2.14. The van der Waals surface area contributed by atoms with E-state index in [9.17, 15) is 32.7 Å². The molecule has 4 N–H and O–H groups in total. The van der Waals surface area contributed by atoms with Crippen LogP contribution in [0.4, 0.5) is 5.69 Å². The summed E-state index contributed by atoms with van der Waals surface area (Å²) in [6, 6.07) is 23.0. The first-order valence-electron chi connectivity index (χ1n) is 16.3. The van der Waals surface area contributed by atoms with Gasteiger partial charge in [0.2, 0.25) is 21.8 Å². The first kappa shape index (κ1) is 37.8. The molecule has 1 aromatic heterocycles. The summed E-state index contributed by atoms with van der Waals surface area (Å²) in [5, 5.41) is 20.5. The van der Waals surface area contributed by atoms with Gasteiger partial charge in [0.25, 0.3) is 5.91 Å². The van der Waals surface area contributed by atoms with Crippen molar-refractivity contribution in [3.63, 3.8) is 0 Å². The van der Waals surface area contributed by atoms with Crippen LogP contribution in [0.1, 0.15) is 50.2 Å². The largest absolute Gasteiger partial charge is 0.390 e. The molecule has 0 saturated carbocycles. The molecule has 0 bridgehead atoms. The van der Waals surface area contributed by atoms with Gasteiger partial charge in [-0.05, 0) is 61.2 Å². The Morgan fingerprint density at radius 3 is 2.12 bits per heavy atom. The van der Waals surface area contributed by atoms with Crippen LogP contribution in [0.25, 0.3) is 10.9 Å². The lowest BCUT2D eigenvalue weighted by molar-refractivity contribution is -0.127. The Labute approximate surface area is 292 Å². The molecule has 0 spiro atoms. The van der Waals surface area contributed by atoms with E-state index in [-0.39, 0.29) is 54.1 Å². The number of rotatable bonds is 16. The number of nitrogens with zero attached hydrogens (tertiary/aromatic N) is 2. The number of fused-ring (bicyclic) bond motifs is 1. The summed E-state index contributed by atoms with van der Waals surface area (Å²) in [6.07, 6.45) is -1.59. The van der Waals surface area contributed by atoms with E-state index < -0.39 is 40.0 Å². The van der Waals surface area contributed by atoms with Crippen LogP contribution < -0.4 is 16.0 Å². The highest BCUT2D eigenvalue weighted by Gasteiger charge is 2.33. The number of anilines is 1. The lowest BCUT2D eigenvalue weighted by Crippen LogP contribution is -2.56. The number of benzene rings is 3. The van der Waals surface area contributed by atoms with Gasteiger partial charge in [0.05, 0.1) is 22.6 Å². The lowest BCUT2D eigenvalue weighted by atomic mass is 9.99. The van der Waals surface area contributed by atoms with Gasteiger partial charge < -0.3 is 21.1 Å². The summed E-state index contributed by atoms with van der Waals surface area (Å²) in [4.78, 5) is 55.1. The molecule has 4 aromatic rings. The standard InChI is InChI=1S/C37H43N5O7S/c1-24(2)22-42(50(48,49)30-17-15-29(16-18-30)38-26(4)44)23-35(45)33(21-27-10-6-5-7-11-27)40-37(47)34(20-25(3)43)41-36(46)32-19-14-28-12-8-9-13-31(28)39-32/h5-19,24,33-35,45H,20-23H2,1-4H3,(H,38,44)(H,40,47)(H,41,46)/t33-,34-,35-/m0/s1. The van der Waals surface area contributed by atoms with Crippen molar-refractivity contribution in [2.45, 2.75) is 63.6 Å². The van der Waals surface area contributed by atoms with Crippen LogP contribution in [-0.4, -0.2) is 77.6 Å². The van der Waals surface area contributed by atoms with E-state index in [4.69, 9.17) is 0 Å². The van der Waals surface area contributed by atoms with Crippen molar-refractivity contribution >= 4 is 50.1 Å². The maximum absolute atomic E-state index is 13.9. The van der Waals surface area contributed by atoms with Crippen molar-refractivity contribution in [2.24, 2.45) is 5.92 Å². The molecule has 13 heteroatoms. The predicted molar refractivity (Wildman–Crippen MR) is 191 cm³/mol. The molecule has 0 aliphatic heterocycles. The van der Waals surface area contributed by atoms with Gasteiger partial charge in [0, 0.05) is 37.5 Å². The first-order chi connectivity index (χ1) is 23.7. The quantitative estimate of drug-likeness (QED) is 0.137. The Balaban J connectivity index is 1.59. The van der Waals surface area contributed by atoms with Crippen molar-refractivity contribution in [2.75, 3.05) is 18.4 Å². The summed E-state index contributed by atoms with van der Waals surface area (Å²) in [5.41, 5.74) is 1.84. The van der Waals surface area contributed by atoms with E-state index in [1.165, 1.54) is 48.5 Å². The van der Waals surface area contributed by atoms with Crippen molar-refractivity contribution in [1.82, 2.24) is 19.9 Å². The Morgan fingerprint density at radius 1 is 0.820 bits per heavy atom. The van der Waals surface area contributed by atoms with E-state index in [1.54, 1.807) is 30.3 Å². The van der Waals surface area contributed by atoms with E-state index >= 15 is 0 Å². The zero-order valence-electron chi connectivity index (χ0n) is 28.5. The van der Waals surface area contributed by atoms with Gasteiger partial charge in [-0.1, -0.05) is 68.4 Å². The van der Waals surface area contributed by atoms with Crippen LogP contribution in [-0.2, 0) is 30.8 Å². The van der Waals surface area contributed by atoms with Crippen molar-refractivity contribution < 1.29 is 32.7 Å². The van der Waals surface area contributed by atoms with Crippen molar-refractivity contribution in [1.29, 1.82) is 0 Å². The number of aliphatic hydroxyl groups excluding tert-OH is 1. The molecule has 1 heterocycles. The predicted octanol–water partition coefficient (Wildman–Crippen LogP) is 3.71. The maximum atomic E-state index is 13.9. The zero-order chi connectivity index (χ0) is 36.4. The van der Waals surface area contributed by atoms with Gasteiger partial charge in [0.1, 0.15) is 17.5 Å². The van der Waals surface area contributed by atoms with Crippen LogP contribution >= 0.6 is 0 Å². The summed E-state index contributed by atoms with van der Waals surface area (Å²) in [7, 11) is -4.13. The van der Waals surface area contributed by atoms with Crippen LogP contribution in [0.15, 0.2) is 95.9 Å². The number of para-hydroxylation sites is 1. The number of pyridine rings is 1. The molecule has 3 amide bonds. The molecule has 12 nitrogen and oxygen atoms in total. The molecule has 0 fully saturated rings. The minimum Gasteiger partial charge on any atom is -0.390 e. The van der Waals surface area contributed by atoms with Gasteiger partial charge in [-0.15, -0.1) is 0 Å². The normalized spacial score (nSPS) is 13.4. The van der Waals surface area contributed by atoms with Gasteiger partial charge in [0.15, 0.2) is 0 Å². The molecule has 0 aliphatic rings. The van der Waals surface area contributed by atoms with Gasteiger partial charge >= 0.3 is 0 Å². The van der Waals surface area contributed by atoms with E-state index in [1.807, 2.05) is 44.2 Å². The number of carbonyl (C=O) groups excluding carboxylic acids is 4. The fourth-order valence-electron chi connectivity index (χ4n) is 5.43. The summed E-state index contributed by atoms with van der Waals surface area (Å²) < 4.78 is 28.9. The molecule has 0 aliphatic carbocycles. The second kappa shape index (κ2) is 17.1. The lowest BCUT2D eigenvalue weighted by Gasteiger charge is -2.31. The second-order valence-corrected chi connectivity index (χ2v) is 14.6. The summed E-state index contributed by atoms with van der Waals surface area (Å²) >= 11 is 0. The Hall–Kier alpha value is -4.98. The van der Waals surface area contributed by atoms with Crippen LogP contribution in [0.2, 0.25) is 0 Å². The Kier molecular flexibility index (Phi) is 12.9. The molecular weight excluding hydrogens is 659 g/mol. The zero-order valence-corrected chi connectivity index (χ0v) is 29.3. The second-order valence-electron chi connectivity index (χ2n) is 12.6. The monoisotopic (exact) mass is 701 g/mol. The highest BCUT2D eigenvalue weighted by Crippen LogP contribution is 2.21. The fraction of sp³-hybridized carbons (Fsp3) is 0.324. The van der Waals surface area contributed by atoms with E-state index in [0.717, 1.165) is 10.9 Å². The van der Waals surface area contributed by atoms with Crippen LogP contribution in [0, 0.1) is 5.92 Å². The minimum atomic E-state index is -4.13. The van der Waals surface area contributed by atoms with E-state index in [0.29, 0.717) is 11.2 Å². The third kappa shape index (κ3) is 10.5. The number of nitrogens with one attached hydrogen (secondary N) is 3. The van der Waals surface area contributed by atoms with Crippen LogP contribution in [0.5, 0.6) is 0 Å². The number of aliphatic hydroxyl groups is 1. The first-order valence-corrected chi connectivity index (χ1v) is 17.7. The van der Waals surface area contributed by atoms with E-state index in [2.05, 4.69) is 20.9 Å². The number of Topliss-reactive ketones (excluding diaryl/α,β-unsaturated/α-hetero) is 1. The molecule has 0 unspecified atom stereocenters. The highest BCUT2D eigenvalue weighted by atomic mass is 32.2. The molecule has 264 valence electrons. The third-order valence-corrected chi connectivity index (χ3v) is 9.65. The number of amides is 3. The number of carbonyl (C=O) groups is 4. The topological polar surface area (TPSA) is 175 Å². The van der Waals surface area contributed by atoms with Gasteiger partial charge in [-0.2, -0.15) is 4.31 Å². The number of ketones is 1. The molecule has 50 heavy (non-hydrogen) atoms. The van der Waals surface area contributed by atoms with Gasteiger partial charge in [-0.3, -0.25) is 19.2 Å². The molecule has 0 saturated heterocycles. The van der Waals surface area contributed by atoms with Crippen LogP contribution in [0.3, 0.4) is 0 Å². The average Bonchev–Trinajstić information content (AvgIpc) is 3.07. The SMILES string of the molecule is CC(=O)C[C@H](NC(=O)c1ccc2ccccc2n1)C(=O)N[C@@H](Cc1ccccc1)[C@@H](O)CN(CC(C)C)S(=O)(=O)c1ccc(NC(C)=O)cc1. The number of sulfonamides is 1. The molecule has 3 aromatic carbocycles. The Morgan fingerprint density at radius 2 is 1.48 bits per heavy atom. The molecular formula is C37H43N5O7S. The van der Waals surface area contributed by atoms with Gasteiger partial charge in [-0.25, -0.2) is 13.4 Å². The molecule has 0 radical (unpaired) electrons. The highest BCUT2D eigenvalue weighted by molar-refractivity contribution is 7.89. The number of hydrogen-bond acceptors (Lipinski definition) is 8.